The molecule has 3 aromatic rings. The van der Waals surface area contributed by atoms with Gasteiger partial charge in [0.15, 0.2) is 11.5 Å². The molecule has 35 heavy (non-hydrogen) atoms. The zero-order valence-corrected chi connectivity index (χ0v) is 20.6. The van der Waals surface area contributed by atoms with E-state index >= 15 is 0 Å². The van der Waals surface area contributed by atoms with Crippen LogP contribution in [0.4, 0.5) is 0 Å². The SMILES string of the molecule is Cc1ccc(CCC(=O)N2CCOc3c(cc(-c4ccccc4C)cc3OC3CCOC3)C2)cc1. The van der Waals surface area contributed by atoms with Crippen molar-refractivity contribution < 1.29 is 19.0 Å². The first-order valence-corrected chi connectivity index (χ1v) is 12.5. The maximum atomic E-state index is 13.2. The summed E-state index contributed by atoms with van der Waals surface area (Å²) in [6, 6.07) is 21.0. The van der Waals surface area contributed by atoms with Gasteiger partial charge in [0.2, 0.25) is 5.91 Å². The number of hydrogen-bond donors (Lipinski definition) is 0. The molecule has 5 nitrogen and oxygen atoms in total. The van der Waals surface area contributed by atoms with Gasteiger partial charge in [0.25, 0.3) is 0 Å². The van der Waals surface area contributed by atoms with Gasteiger partial charge in [0.05, 0.1) is 19.8 Å². The molecule has 0 aliphatic carbocycles. The monoisotopic (exact) mass is 471 g/mol. The van der Waals surface area contributed by atoms with E-state index in [2.05, 4.69) is 68.4 Å². The van der Waals surface area contributed by atoms with Crippen molar-refractivity contribution >= 4 is 5.91 Å². The lowest BCUT2D eigenvalue weighted by atomic mass is 9.97. The highest BCUT2D eigenvalue weighted by molar-refractivity contribution is 5.77. The lowest BCUT2D eigenvalue weighted by Crippen LogP contribution is -2.32. The van der Waals surface area contributed by atoms with E-state index < -0.39 is 0 Å². The van der Waals surface area contributed by atoms with Crippen molar-refractivity contribution in [2.45, 2.75) is 45.8 Å². The van der Waals surface area contributed by atoms with E-state index in [-0.39, 0.29) is 12.0 Å². The summed E-state index contributed by atoms with van der Waals surface area (Å²) in [4.78, 5) is 15.1. The molecule has 1 amide bonds. The third-order valence-electron chi connectivity index (χ3n) is 6.84. The summed E-state index contributed by atoms with van der Waals surface area (Å²) >= 11 is 0. The van der Waals surface area contributed by atoms with E-state index in [1.54, 1.807) is 0 Å². The van der Waals surface area contributed by atoms with Crippen LogP contribution in [-0.2, 0) is 22.5 Å². The van der Waals surface area contributed by atoms with Crippen LogP contribution in [0.5, 0.6) is 11.5 Å². The Balaban J connectivity index is 1.41. The van der Waals surface area contributed by atoms with Crippen LogP contribution in [0.25, 0.3) is 11.1 Å². The van der Waals surface area contributed by atoms with Gasteiger partial charge >= 0.3 is 0 Å². The third-order valence-corrected chi connectivity index (χ3v) is 6.84. The fraction of sp³-hybridized carbons (Fsp3) is 0.367. The van der Waals surface area contributed by atoms with Gasteiger partial charge in [-0.3, -0.25) is 4.79 Å². The quantitative estimate of drug-likeness (QED) is 0.477. The highest BCUT2D eigenvalue weighted by Crippen LogP contribution is 2.40. The predicted molar refractivity (Wildman–Crippen MR) is 137 cm³/mol. The summed E-state index contributed by atoms with van der Waals surface area (Å²) in [5.74, 6) is 1.64. The van der Waals surface area contributed by atoms with Crippen molar-refractivity contribution in [3.8, 4) is 22.6 Å². The summed E-state index contributed by atoms with van der Waals surface area (Å²) in [5, 5.41) is 0. The van der Waals surface area contributed by atoms with Gasteiger partial charge in [0, 0.05) is 24.9 Å². The Labute approximate surface area is 207 Å². The second kappa shape index (κ2) is 10.5. The van der Waals surface area contributed by atoms with Crippen molar-refractivity contribution in [3.05, 3.63) is 82.9 Å². The van der Waals surface area contributed by atoms with Crippen LogP contribution in [0, 0.1) is 13.8 Å². The summed E-state index contributed by atoms with van der Waals surface area (Å²) in [6.45, 7) is 7.02. The molecule has 1 fully saturated rings. The average molecular weight is 472 g/mol. The van der Waals surface area contributed by atoms with Crippen LogP contribution in [0.3, 0.4) is 0 Å². The molecule has 1 saturated heterocycles. The number of hydrogen-bond acceptors (Lipinski definition) is 4. The van der Waals surface area contributed by atoms with E-state index in [1.165, 1.54) is 16.7 Å². The summed E-state index contributed by atoms with van der Waals surface area (Å²) < 4.78 is 18.1. The van der Waals surface area contributed by atoms with E-state index in [0.29, 0.717) is 39.3 Å². The number of fused-ring (bicyclic) bond motifs is 1. The molecule has 2 aliphatic rings. The fourth-order valence-electron chi connectivity index (χ4n) is 4.79. The van der Waals surface area contributed by atoms with Crippen LogP contribution < -0.4 is 9.47 Å². The van der Waals surface area contributed by atoms with Gasteiger partial charge in [-0.15, -0.1) is 0 Å². The summed E-state index contributed by atoms with van der Waals surface area (Å²) in [6.07, 6.45) is 2.11. The lowest BCUT2D eigenvalue weighted by Gasteiger charge is -2.21. The number of ether oxygens (including phenoxy) is 3. The van der Waals surface area contributed by atoms with Crippen molar-refractivity contribution in [2.75, 3.05) is 26.4 Å². The van der Waals surface area contributed by atoms with Gasteiger partial charge < -0.3 is 19.1 Å². The fourth-order valence-corrected chi connectivity index (χ4v) is 4.79. The highest BCUT2D eigenvalue weighted by Gasteiger charge is 2.26. The number of benzene rings is 3. The van der Waals surface area contributed by atoms with E-state index in [0.717, 1.165) is 41.0 Å². The Morgan fingerprint density at radius 3 is 2.66 bits per heavy atom. The first kappa shape index (κ1) is 23.4. The Hall–Kier alpha value is -3.31. The zero-order valence-electron chi connectivity index (χ0n) is 20.6. The Bertz CT molecular complexity index is 1180. The molecule has 2 aliphatic heterocycles. The average Bonchev–Trinajstić information content (AvgIpc) is 3.27. The first-order valence-electron chi connectivity index (χ1n) is 12.5. The minimum atomic E-state index is 0.0188. The molecule has 0 radical (unpaired) electrons. The van der Waals surface area contributed by atoms with Crippen molar-refractivity contribution in [1.82, 2.24) is 4.90 Å². The topological polar surface area (TPSA) is 48.0 Å². The van der Waals surface area contributed by atoms with E-state index in [4.69, 9.17) is 14.2 Å². The molecule has 182 valence electrons. The number of carbonyl (C=O) groups excluding carboxylic acids is 1. The lowest BCUT2D eigenvalue weighted by molar-refractivity contribution is -0.131. The van der Waals surface area contributed by atoms with E-state index in [1.807, 2.05) is 11.0 Å². The summed E-state index contributed by atoms with van der Waals surface area (Å²) in [5.41, 5.74) is 6.83. The Morgan fingerprint density at radius 1 is 1.06 bits per heavy atom. The molecule has 1 atom stereocenters. The Kier molecular flexibility index (Phi) is 7.05. The van der Waals surface area contributed by atoms with Gasteiger partial charge in [0.1, 0.15) is 12.7 Å². The molecule has 0 aromatic heterocycles. The van der Waals surface area contributed by atoms with Crippen molar-refractivity contribution in [2.24, 2.45) is 0 Å². The molecule has 1 unspecified atom stereocenters. The smallest absolute Gasteiger partial charge is 0.223 e. The van der Waals surface area contributed by atoms with Crippen LogP contribution >= 0.6 is 0 Å². The maximum Gasteiger partial charge on any atom is 0.223 e. The minimum Gasteiger partial charge on any atom is -0.487 e. The minimum absolute atomic E-state index is 0.0188. The zero-order chi connectivity index (χ0) is 24.2. The summed E-state index contributed by atoms with van der Waals surface area (Å²) in [7, 11) is 0. The molecule has 5 heteroatoms. The number of amides is 1. The van der Waals surface area contributed by atoms with Gasteiger partial charge in [-0.2, -0.15) is 0 Å². The number of carbonyl (C=O) groups is 1. The molecular weight excluding hydrogens is 438 g/mol. The number of nitrogens with zero attached hydrogens (tertiary/aromatic N) is 1. The number of rotatable bonds is 6. The second-order valence-corrected chi connectivity index (χ2v) is 9.53. The molecular formula is C30H33NO4. The predicted octanol–water partition coefficient (Wildman–Crippen LogP) is 5.49. The van der Waals surface area contributed by atoms with Gasteiger partial charge in [-0.1, -0.05) is 54.1 Å². The number of aryl methyl sites for hydroxylation is 3. The van der Waals surface area contributed by atoms with Crippen LogP contribution in [0.1, 0.15) is 35.1 Å². The van der Waals surface area contributed by atoms with Crippen LogP contribution in [0.15, 0.2) is 60.7 Å². The first-order chi connectivity index (χ1) is 17.1. The highest BCUT2D eigenvalue weighted by atomic mass is 16.6. The molecule has 0 saturated carbocycles. The molecule has 0 spiro atoms. The molecule has 2 heterocycles. The molecule has 5 rings (SSSR count). The van der Waals surface area contributed by atoms with Gasteiger partial charge in [-0.25, -0.2) is 0 Å². The van der Waals surface area contributed by atoms with Crippen LogP contribution in [-0.4, -0.2) is 43.3 Å². The van der Waals surface area contributed by atoms with E-state index in [9.17, 15) is 4.79 Å². The normalized spacial score (nSPS) is 17.4. The van der Waals surface area contributed by atoms with Crippen molar-refractivity contribution in [1.29, 1.82) is 0 Å². The van der Waals surface area contributed by atoms with Gasteiger partial charge in [-0.05, 0) is 54.7 Å². The Morgan fingerprint density at radius 2 is 1.89 bits per heavy atom. The largest absolute Gasteiger partial charge is 0.487 e. The maximum absolute atomic E-state index is 13.2. The molecule has 0 bridgehead atoms. The standard InChI is InChI=1S/C30H33NO4/c1-21-7-9-23(10-8-21)11-12-29(32)31-14-16-34-30-25(19-31)17-24(27-6-4-3-5-22(27)2)18-28(30)35-26-13-15-33-20-26/h3-10,17-18,26H,11-16,19-20H2,1-2H3. The third kappa shape index (κ3) is 5.51. The van der Waals surface area contributed by atoms with Crippen LogP contribution in [0.2, 0.25) is 0 Å². The molecule has 0 N–H and O–H groups in total. The second-order valence-electron chi connectivity index (χ2n) is 9.53. The van der Waals surface area contributed by atoms with Crippen molar-refractivity contribution in [3.63, 3.8) is 0 Å². The molecule has 3 aromatic carbocycles.